The summed E-state index contributed by atoms with van der Waals surface area (Å²) in [6, 6.07) is 9.99. The third-order valence-electron chi connectivity index (χ3n) is 6.37. The zero-order chi connectivity index (χ0) is 25.7. The van der Waals surface area contributed by atoms with Crippen LogP contribution >= 0.6 is 0 Å². The topological polar surface area (TPSA) is 126 Å². The van der Waals surface area contributed by atoms with Crippen LogP contribution in [-0.4, -0.2) is 59.4 Å². The van der Waals surface area contributed by atoms with Crippen molar-refractivity contribution < 1.29 is 19.1 Å². The Morgan fingerprint density at radius 2 is 1.81 bits per heavy atom. The number of fused-ring (bicyclic) bond motifs is 1. The summed E-state index contributed by atoms with van der Waals surface area (Å²) in [7, 11) is 1.51. The van der Waals surface area contributed by atoms with Gasteiger partial charge in [-0.1, -0.05) is 18.6 Å². The Labute approximate surface area is 207 Å². The Balaban J connectivity index is 1.58. The van der Waals surface area contributed by atoms with E-state index in [1.165, 1.54) is 44.6 Å². The number of likely N-dealkylation sites (tertiary alicyclic amines) is 1. The van der Waals surface area contributed by atoms with Crippen molar-refractivity contribution in [2.24, 2.45) is 5.73 Å². The van der Waals surface area contributed by atoms with Gasteiger partial charge in [0.05, 0.1) is 36.7 Å². The summed E-state index contributed by atoms with van der Waals surface area (Å²) in [6.07, 6.45) is 4.36. The van der Waals surface area contributed by atoms with E-state index in [2.05, 4.69) is 4.90 Å². The molecule has 0 bridgehead atoms. The SMILES string of the molecule is COc1cccc(Cn2c(=O)c3ccc(C(=O)OCCCN4CCCCC4)cc3n(C(N)=O)c2=O)c1. The van der Waals surface area contributed by atoms with Gasteiger partial charge in [-0.15, -0.1) is 0 Å². The maximum absolute atomic E-state index is 13.2. The van der Waals surface area contributed by atoms with E-state index >= 15 is 0 Å². The molecule has 10 heteroatoms. The van der Waals surface area contributed by atoms with Crippen LogP contribution < -0.4 is 21.7 Å². The highest BCUT2D eigenvalue weighted by molar-refractivity contribution is 5.96. The highest BCUT2D eigenvalue weighted by Crippen LogP contribution is 2.16. The zero-order valence-corrected chi connectivity index (χ0v) is 20.3. The summed E-state index contributed by atoms with van der Waals surface area (Å²) in [5, 5.41) is 0.0814. The Morgan fingerprint density at radius 3 is 2.53 bits per heavy atom. The third-order valence-corrected chi connectivity index (χ3v) is 6.37. The Hall–Kier alpha value is -3.92. The largest absolute Gasteiger partial charge is 0.497 e. The number of carbonyl (C=O) groups is 2. The fraction of sp³-hybridized carbons (Fsp3) is 0.385. The number of piperidine rings is 1. The van der Waals surface area contributed by atoms with Crippen molar-refractivity contribution in [1.29, 1.82) is 0 Å². The molecule has 0 unspecified atom stereocenters. The van der Waals surface area contributed by atoms with E-state index in [0.717, 1.165) is 24.2 Å². The number of hydrogen-bond donors (Lipinski definition) is 1. The first-order valence-corrected chi connectivity index (χ1v) is 12.0. The van der Waals surface area contributed by atoms with Gasteiger partial charge in [-0.05, 0) is 68.2 Å². The predicted molar refractivity (Wildman–Crippen MR) is 135 cm³/mol. The smallest absolute Gasteiger partial charge is 0.340 e. The highest BCUT2D eigenvalue weighted by atomic mass is 16.5. The van der Waals surface area contributed by atoms with E-state index in [-0.39, 0.29) is 29.6 Å². The monoisotopic (exact) mass is 494 g/mol. The summed E-state index contributed by atoms with van der Waals surface area (Å²) in [6.45, 7) is 3.16. The van der Waals surface area contributed by atoms with Gasteiger partial charge in [-0.25, -0.2) is 19.0 Å². The number of primary amides is 1. The van der Waals surface area contributed by atoms with Gasteiger partial charge in [0.1, 0.15) is 5.75 Å². The van der Waals surface area contributed by atoms with Crippen LogP contribution in [0, 0.1) is 0 Å². The summed E-state index contributed by atoms with van der Waals surface area (Å²) in [4.78, 5) is 53.5. The van der Waals surface area contributed by atoms with Crippen molar-refractivity contribution in [3.8, 4) is 5.75 Å². The van der Waals surface area contributed by atoms with E-state index in [4.69, 9.17) is 15.2 Å². The van der Waals surface area contributed by atoms with Crippen LogP contribution in [0.2, 0.25) is 0 Å². The number of hydrogen-bond acceptors (Lipinski definition) is 7. The summed E-state index contributed by atoms with van der Waals surface area (Å²) in [5.74, 6) is -0.0322. The Bertz CT molecular complexity index is 1390. The molecule has 1 saturated heterocycles. The van der Waals surface area contributed by atoms with Gasteiger partial charge in [0.15, 0.2) is 0 Å². The molecule has 1 amide bonds. The van der Waals surface area contributed by atoms with Crippen LogP contribution in [0.1, 0.15) is 41.6 Å². The van der Waals surface area contributed by atoms with Crippen molar-refractivity contribution in [3.63, 3.8) is 0 Å². The lowest BCUT2D eigenvalue weighted by Crippen LogP contribution is -2.44. The molecule has 1 aromatic heterocycles. The van der Waals surface area contributed by atoms with Gasteiger partial charge < -0.3 is 20.1 Å². The lowest BCUT2D eigenvalue weighted by molar-refractivity contribution is 0.0485. The molecule has 0 radical (unpaired) electrons. The van der Waals surface area contributed by atoms with E-state index in [0.29, 0.717) is 22.3 Å². The molecule has 10 nitrogen and oxygen atoms in total. The number of carbonyl (C=O) groups excluding carboxylic acids is 2. The van der Waals surface area contributed by atoms with Gasteiger partial charge in [-0.2, -0.15) is 0 Å². The second-order valence-corrected chi connectivity index (χ2v) is 8.82. The average molecular weight is 495 g/mol. The standard InChI is InChI=1S/C26H30N4O6/c1-35-20-8-5-7-18(15-20)17-29-23(31)21-10-9-19(16-22(21)30(25(27)33)26(29)34)24(32)36-14-6-13-28-11-3-2-4-12-28/h5,7-10,15-16H,2-4,6,11-14,17H2,1H3,(H2,27,33). The molecule has 0 spiro atoms. The first-order valence-electron chi connectivity index (χ1n) is 12.0. The first kappa shape index (κ1) is 25.2. The number of rotatable bonds is 8. The van der Waals surface area contributed by atoms with Crippen molar-refractivity contribution >= 4 is 22.9 Å². The van der Waals surface area contributed by atoms with E-state index in [1.807, 2.05) is 0 Å². The molecule has 0 atom stereocenters. The summed E-state index contributed by atoms with van der Waals surface area (Å²) in [5.41, 5.74) is 4.73. The summed E-state index contributed by atoms with van der Waals surface area (Å²) >= 11 is 0. The van der Waals surface area contributed by atoms with Crippen molar-refractivity contribution in [1.82, 2.24) is 14.0 Å². The summed E-state index contributed by atoms with van der Waals surface area (Å²) < 4.78 is 12.2. The molecule has 0 aliphatic carbocycles. The first-order chi connectivity index (χ1) is 17.4. The molecule has 0 saturated carbocycles. The minimum atomic E-state index is -1.06. The van der Waals surface area contributed by atoms with Crippen LogP contribution in [0.3, 0.4) is 0 Å². The fourth-order valence-electron chi connectivity index (χ4n) is 4.51. The van der Waals surface area contributed by atoms with Crippen LogP contribution in [-0.2, 0) is 11.3 Å². The van der Waals surface area contributed by atoms with Crippen molar-refractivity contribution in [2.75, 3.05) is 33.4 Å². The minimum absolute atomic E-state index is 0.0397. The van der Waals surface area contributed by atoms with Gasteiger partial charge in [0.2, 0.25) is 0 Å². The lowest BCUT2D eigenvalue weighted by Gasteiger charge is -2.26. The van der Waals surface area contributed by atoms with Gasteiger partial charge >= 0.3 is 17.7 Å². The molecular weight excluding hydrogens is 464 g/mol. The van der Waals surface area contributed by atoms with Crippen LogP contribution in [0.25, 0.3) is 10.9 Å². The Kier molecular flexibility index (Phi) is 7.84. The zero-order valence-electron chi connectivity index (χ0n) is 20.3. The van der Waals surface area contributed by atoms with E-state index < -0.39 is 23.2 Å². The van der Waals surface area contributed by atoms with E-state index in [9.17, 15) is 19.2 Å². The fourth-order valence-corrected chi connectivity index (χ4v) is 4.51. The Morgan fingerprint density at radius 1 is 1.03 bits per heavy atom. The van der Waals surface area contributed by atoms with Crippen LogP contribution in [0.5, 0.6) is 5.75 Å². The number of methoxy groups -OCH3 is 1. The number of amides is 1. The average Bonchev–Trinajstić information content (AvgIpc) is 2.89. The molecule has 2 heterocycles. The highest BCUT2D eigenvalue weighted by Gasteiger charge is 2.19. The van der Waals surface area contributed by atoms with Gasteiger partial charge in [0.25, 0.3) is 5.56 Å². The second kappa shape index (κ2) is 11.2. The molecule has 1 aliphatic heterocycles. The molecule has 1 fully saturated rings. The number of ether oxygens (including phenoxy) is 2. The quantitative estimate of drug-likeness (QED) is 0.376. The van der Waals surface area contributed by atoms with Crippen LogP contribution in [0.15, 0.2) is 52.1 Å². The molecule has 2 aromatic carbocycles. The normalized spacial score (nSPS) is 14.0. The molecule has 4 rings (SSSR count). The molecular formula is C26H30N4O6. The van der Waals surface area contributed by atoms with Crippen molar-refractivity contribution in [3.05, 3.63) is 74.4 Å². The number of nitrogens with two attached hydrogens (primary N) is 1. The number of nitrogens with zero attached hydrogens (tertiary/aromatic N) is 3. The van der Waals surface area contributed by atoms with Crippen molar-refractivity contribution in [2.45, 2.75) is 32.2 Å². The molecule has 190 valence electrons. The lowest BCUT2D eigenvalue weighted by atomic mass is 10.1. The molecule has 3 aromatic rings. The van der Waals surface area contributed by atoms with Gasteiger partial charge in [0, 0.05) is 6.54 Å². The number of benzene rings is 2. The minimum Gasteiger partial charge on any atom is -0.497 e. The third kappa shape index (κ3) is 5.49. The number of aromatic nitrogens is 2. The second-order valence-electron chi connectivity index (χ2n) is 8.82. The van der Waals surface area contributed by atoms with Gasteiger partial charge in [-0.3, -0.25) is 9.36 Å². The maximum Gasteiger partial charge on any atom is 0.340 e. The molecule has 2 N–H and O–H groups in total. The van der Waals surface area contributed by atoms with Crippen LogP contribution in [0.4, 0.5) is 4.79 Å². The predicted octanol–water partition coefficient (Wildman–Crippen LogP) is 2.18. The van der Waals surface area contributed by atoms with E-state index in [1.54, 1.807) is 24.3 Å². The maximum atomic E-state index is 13.2. The molecule has 36 heavy (non-hydrogen) atoms. The number of esters is 1. The molecule has 1 aliphatic rings.